The summed E-state index contributed by atoms with van der Waals surface area (Å²) in [4.78, 5) is 0. The van der Waals surface area contributed by atoms with Gasteiger partial charge in [0.2, 0.25) is 0 Å². The fourth-order valence-corrected chi connectivity index (χ4v) is 2.44. The predicted molar refractivity (Wildman–Crippen MR) is 92.4 cm³/mol. The summed E-state index contributed by atoms with van der Waals surface area (Å²) in [6, 6.07) is 17.8. The highest BCUT2D eigenvalue weighted by molar-refractivity contribution is 5.70. The van der Waals surface area contributed by atoms with Crippen molar-refractivity contribution in [3.05, 3.63) is 54.1 Å². The highest BCUT2D eigenvalue weighted by Gasteiger charge is 2.05. The molecule has 2 aromatic rings. The summed E-state index contributed by atoms with van der Waals surface area (Å²) in [5, 5.41) is 8.89. The van der Waals surface area contributed by atoms with Crippen molar-refractivity contribution in [3.8, 4) is 22.9 Å². The van der Waals surface area contributed by atoms with Crippen molar-refractivity contribution in [2.24, 2.45) is 0 Å². The molecule has 0 amide bonds. The van der Waals surface area contributed by atoms with Crippen molar-refractivity contribution in [3.63, 3.8) is 0 Å². The molecule has 120 valence electrons. The van der Waals surface area contributed by atoms with Gasteiger partial charge in [-0.1, -0.05) is 36.8 Å². The lowest BCUT2D eigenvalue weighted by atomic mass is 10.0. The molecule has 2 rings (SSSR count). The lowest BCUT2D eigenvalue weighted by Gasteiger charge is -2.11. The van der Waals surface area contributed by atoms with Crippen molar-refractivity contribution >= 4 is 0 Å². The van der Waals surface area contributed by atoms with Crippen LogP contribution in [0.2, 0.25) is 0 Å². The van der Waals surface area contributed by atoms with Gasteiger partial charge in [-0.25, -0.2) is 0 Å². The number of para-hydroxylation sites is 1. The van der Waals surface area contributed by atoms with Gasteiger partial charge >= 0.3 is 0 Å². The molecule has 3 heteroatoms. The second-order valence-electron chi connectivity index (χ2n) is 5.44. The lowest BCUT2D eigenvalue weighted by molar-refractivity contribution is 0.191. The Morgan fingerprint density at radius 3 is 2.26 bits per heavy atom. The zero-order chi connectivity index (χ0) is 16.3. The van der Waals surface area contributed by atoms with Crippen molar-refractivity contribution < 1.29 is 9.47 Å². The highest BCUT2D eigenvalue weighted by Crippen LogP contribution is 2.30. The van der Waals surface area contributed by atoms with Gasteiger partial charge in [0, 0.05) is 19.3 Å². The van der Waals surface area contributed by atoms with E-state index in [1.165, 1.54) is 6.42 Å². The molecule has 0 saturated heterocycles. The van der Waals surface area contributed by atoms with Gasteiger partial charge in [-0.2, -0.15) is 5.26 Å². The number of unbranched alkanes of at least 4 members (excludes halogenated alkanes) is 3. The predicted octanol–water partition coefficient (Wildman–Crippen LogP) is 4.81. The van der Waals surface area contributed by atoms with E-state index >= 15 is 0 Å². The van der Waals surface area contributed by atoms with Crippen molar-refractivity contribution in [1.29, 1.82) is 5.26 Å². The SMILES string of the molecule is COCCCCCCOc1ccccc1-c1ccc(C#N)cc1. The third kappa shape index (κ3) is 5.43. The Balaban J connectivity index is 1.91. The second-order valence-corrected chi connectivity index (χ2v) is 5.44. The molecule has 0 bridgehead atoms. The van der Waals surface area contributed by atoms with Crippen LogP contribution in [0.25, 0.3) is 11.1 Å². The van der Waals surface area contributed by atoms with Gasteiger partial charge in [0.05, 0.1) is 18.2 Å². The lowest BCUT2D eigenvalue weighted by Crippen LogP contribution is -1.99. The van der Waals surface area contributed by atoms with Gasteiger partial charge in [0.1, 0.15) is 5.75 Å². The van der Waals surface area contributed by atoms with E-state index in [0.29, 0.717) is 5.56 Å². The van der Waals surface area contributed by atoms with Crippen LogP contribution in [0.4, 0.5) is 0 Å². The number of hydrogen-bond donors (Lipinski definition) is 0. The maximum atomic E-state index is 8.89. The second kappa shape index (κ2) is 9.66. The Labute approximate surface area is 138 Å². The molecule has 0 fully saturated rings. The van der Waals surface area contributed by atoms with Crippen molar-refractivity contribution in [1.82, 2.24) is 0 Å². The summed E-state index contributed by atoms with van der Waals surface area (Å²) in [7, 11) is 1.74. The molecule has 0 saturated carbocycles. The van der Waals surface area contributed by atoms with E-state index in [0.717, 1.165) is 49.4 Å². The normalized spacial score (nSPS) is 10.3. The molecule has 0 heterocycles. The number of rotatable bonds is 9. The summed E-state index contributed by atoms with van der Waals surface area (Å²) in [5.41, 5.74) is 2.80. The number of ether oxygens (including phenoxy) is 2. The fraction of sp³-hybridized carbons (Fsp3) is 0.350. The van der Waals surface area contributed by atoms with Gasteiger partial charge in [-0.05, 0) is 43.0 Å². The van der Waals surface area contributed by atoms with Crippen molar-refractivity contribution in [2.75, 3.05) is 20.3 Å². The van der Waals surface area contributed by atoms with Crippen LogP contribution in [0.5, 0.6) is 5.75 Å². The van der Waals surface area contributed by atoms with Crippen LogP contribution in [-0.4, -0.2) is 20.3 Å². The first-order valence-electron chi connectivity index (χ1n) is 8.06. The molecule has 2 aromatic carbocycles. The summed E-state index contributed by atoms with van der Waals surface area (Å²) in [5.74, 6) is 0.897. The molecular weight excluding hydrogens is 286 g/mol. The Morgan fingerprint density at radius 2 is 1.57 bits per heavy atom. The monoisotopic (exact) mass is 309 g/mol. The van der Waals surface area contributed by atoms with E-state index in [9.17, 15) is 0 Å². The minimum absolute atomic E-state index is 0.670. The van der Waals surface area contributed by atoms with Crippen LogP contribution in [0.3, 0.4) is 0 Å². The number of hydrogen-bond acceptors (Lipinski definition) is 3. The van der Waals surface area contributed by atoms with Crippen molar-refractivity contribution in [2.45, 2.75) is 25.7 Å². The quantitative estimate of drug-likeness (QED) is 0.624. The largest absolute Gasteiger partial charge is 0.493 e. The minimum Gasteiger partial charge on any atom is -0.493 e. The molecule has 0 aliphatic rings. The molecular formula is C20H23NO2. The topological polar surface area (TPSA) is 42.2 Å². The molecule has 0 radical (unpaired) electrons. The van der Waals surface area contributed by atoms with Crippen LogP contribution in [-0.2, 0) is 4.74 Å². The molecule has 0 unspecified atom stereocenters. The molecule has 3 nitrogen and oxygen atoms in total. The van der Waals surface area contributed by atoms with Gasteiger partial charge in [-0.3, -0.25) is 0 Å². The van der Waals surface area contributed by atoms with Crippen LogP contribution in [0.15, 0.2) is 48.5 Å². The standard InChI is InChI=1S/C20H23NO2/c1-22-14-6-2-3-7-15-23-20-9-5-4-8-19(20)18-12-10-17(16-21)11-13-18/h4-5,8-13H,2-3,6-7,14-15H2,1H3. The smallest absolute Gasteiger partial charge is 0.127 e. The Morgan fingerprint density at radius 1 is 0.870 bits per heavy atom. The summed E-state index contributed by atoms with van der Waals surface area (Å²) >= 11 is 0. The first-order valence-corrected chi connectivity index (χ1v) is 8.06. The molecule has 0 aliphatic carbocycles. The average Bonchev–Trinajstić information content (AvgIpc) is 2.61. The molecule has 0 spiro atoms. The van der Waals surface area contributed by atoms with Crippen LogP contribution < -0.4 is 4.74 Å². The van der Waals surface area contributed by atoms with Crippen LogP contribution >= 0.6 is 0 Å². The van der Waals surface area contributed by atoms with Crippen LogP contribution in [0.1, 0.15) is 31.2 Å². The number of nitriles is 1. The summed E-state index contributed by atoms with van der Waals surface area (Å²) in [6.07, 6.45) is 4.49. The molecule has 0 N–H and O–H groups in total. The number of benzene rings is 2. The molecule has 0 aliphatic heterocycles. The molecule has 0 atom stereocenters. The maximum absolute atomic E-state index is 8.89. The number of methoxy groups -OCH3 is 1. The van der Waals surface area contributed by atoms with Gasteiger partial charge in [0.15, 0.2) is 0 Å². The van der Waals surface area contributed by atoms with E-state index < -0.39 is 0 Å². The van der Waals surface area contributed by atoms with E-state index in [4.69, 9.17) is 14.7 Å². The molecule has 23 heavy (non-hydrogen) atoms. The van der Waals surface area contributed by atoms with E-state index in [2.05, 4.69) is 12.1 Å². The van der Waals surface area contributed by atoms with E-state index in [-0.39, 0.29) is 0 Å². The zero-order valence-electron chi connectivity index (χ0n) is 13.6. The Kier molecular flexibility index (Phi) is 7.16. The first kappa shape index (κ1) is 17.1. The third-order valence-corrected chi connectivity index (χ3v) is 3.71. The van der Waals surface area contributed by atoms with Gasteiger partial charge in [-0.15, -0.1) is 0 Å². The summed E-state index contributed by atoms with van der Waals surface area (Å²) in [6.45, 7) is 1.56. The average molecular weight is 309 g/mol. The fourth-order valence-electron chi connectivity index (χ4n) is 2.44. The first-order chi connectivity index (χ1) is 11.3. The van der Waals surface area contributed by atoms with Crippen LogP contribution in [0, 0.1) is 11.3 Å². The summed E-state index contributed by atoms with van der Waals surface area (Å²) < 4.78 is 11.0. The maximum Gasteiger partial charge on any atom is 0.127 e. The minimum atomic E-state index is 0.670. The van der Waals surface area contributed by atoms with E-state index in [1.807, 2.05) is 42.5 Å². The Hall–Kier alpha value is -2.31. The Bertz CT molecular complexity index is 629. The van der Waals surface area contributed by atoms with Gasteiger partial charge in [0.25, 0.3) is 0 Å². The highest BCUT2D eigenvalue weighted by atomic mass is 16.5. The third-order valence-electron chi connectivity index (χ3n) is 3.71. The zero-order valence-corrected chi connectivity index (χ0v) is 13.6. The molecule has 0 aromatic heterocycles. The number of nitrogens with zero attached hydrogens (tertiary/aromatic N) is 1. The van der Waals surface area contributed by atoms with E-state index in [1.54, 1.807) is 7.11 Å². The van der Waals surface area contributed by atoms with Gasteiger partial charge < -0.3 is 9.47 Å².